The minimum atomic E-state index is -3.75. The monoisotopic (exact) mass is 255 g/mol. The largest absolute Gasteiger partial charge is 0.312 e. The Hall–Kier alpha value is -1.60. The van der Waals surface area contributed by atoms with Crippen LogP contribution >= 0.6 is 0 Å². The molecule has 0 aliphatic carbocycles. The van der Waals surface area contributed by atoms with Gasteiger partial charge in [-0.3, -0.25) is 9.52 Å². The van der Waals surface area contributed by atoms with Gasteiger partial charge >= 0.3 is 0 Å². The van der Waals surface area contributed by atoms with Crippen LogP contribution in [0.2, 0.25) is 0 Å². The predicted molar refractivity (Wildman–Crippen MR) is 64.8 cm³/mol. The lowest BCUT2D eigenvalue weighted by Crippen LogP contribution is -2.24. The van der Waals surface area contributed by atoms with Crippen LogP contribution in [0.25, 0.3) is 0 Å². The summed E-state index contributed by atoms with van der Waals surface area (Å²) in [7, 11) is -3.75. The van der Waals surface area contributed by atoms with Gasteiger partial charge in [-0.15, -0.1) is 0 Å². The number of benzene rings is 1. The van der Waals surface area contributed by atoms with E-state index in [2.05, 4.69) is 4.72 Å². The number of carbonyl (C=O) groups excluding carboxylic acids is 1. The van der Waals surface area contributed by atoms with Crippen molar-refractivity contribution in [3.05, 3.63) is 24.3 Å². The van der Waals surface area contributed by atoms with E-state index >= 15 is 0 Å². The van der Waals surface area contributed by atoms with Gasteiger partial charge in [0, 0.05) is 24.3 Å². The van der Waals surface area contributed by atoms with Crippen LogP contribution in [0.5, 0.6) is 0 Å². The van der Waals surface area contributed by atoms with Crippen LogP contribution in [-0.2, 0) is 15.0 Å². The summed E-state index contributed by atoms with van der Waals surface area (Å²) < 4.78 is 23.7. The van der Waals surface area contributed by atoms with Crippen molar-refractivity contribution in [2.24, 2.45) is 5.14 Å². The van der Waals surface area contributed by atoms with Crippen LogP contribution in [0.1, 0.15) is 12.8 Å². The van der Waals surface area contributed by atoms with Crippen molar-refractivity contribution >= 4 is 27.5 Å². The van der Waals surface area contributed by atoms with Crippen LogP contribution in [0.4, 0.5) is 11.4 Å². The Balaban J connectivity index is 2.15. The number of carbonyl (C=O) groups is 1. The lowest BCUT2D eigenvalue weighted by Gasteiger charge is -2.15. The fourth-order valence-electron chi connectivity index (χ4n) is 1.79. The molecule has 2 rings (SSSR count). The van der Waals surface area contributed by atoms with Gasteiger partial charge in [-0.25, -0.2) is 5.14 Å². The maximum Gasteiger partial charge on any atom is 0.296 e. The molecule has 1 aliphatic heterocycles. The summed E-state index contributed by atoms with van der Waals surface area (Å²) in [6, 6.07) is 6.53. The number of nitrogens with two attached hydrogens (primary N) is 1. The Kier molecular flexibility index (Phi) is 3.03. The molecular weight excluding hydrogens is 242 g/mol. The van der Waals surface area contributed by atoms with Crippen molar-refractivity contribution in [3.8, 4) is 0 Å². The van der Waals surface area contributed by atoms with Crippen LogP contribution in [-0.4, -0.2) is 20.9 Å². The van der Waals surface area contributed by atoms with E-state index in [9.17, 15) is 13.2 Å². The molecule has 1 heterocycles. The first-order valence-electron chi connectivity index (χ1n) is 5.17. The third-order valence-corrected chi connectivity index (χ3v) is 3.03. The van der Waals surface area contributed by atoms with Crippen molar-refractivity contribution < 1.29 is 13.2 Å². The molecule has 1 amide bonds. The number of hydrogen-bond donors (Lipinski definition) is 2. The summed E-state index contributed by atoms with van der Waals surface area (Å²) in [5, 5.41) is 4.85. The molecule has 0 bridgehead atoms. The molecule has 0 unspecified atom stereocenters. The lowest BCUT2D eigenvalue weighted by molar-refractivity contribution is -0.117. The molecule has 1 aliphatic rings. The summed E-state index contributed by atoms with van der Waals surface area (Å²) in [5.41, 5.74) is 1.15. The Morgan fingerprint density at radius 3 is 2.35 bits per heavy atom. The second-order valence-corrected chi connectivity index (χ2v) is 5.14. The number of anilines is 2. The number of amides is 1. The van der Waals surface area contributed by atoms with Gasteiger partial charge in [0.25, 0.3) is 10.2 Å². The first kappa shape index (κ1) is 11.9. The number of rotatable bonds is 3. The average molecular weight is 255 g/mol. The first-order chi connectivity index (χ1) is 7.96. The Labute approximate surface area is 99.6 Å². The third-order valence-electron chi connectivity index (χ3n) is 2.51. The van der Waals surface area contributed by atoms with Crippen molar-refractivity contribution in [3.63, 3.8) is 0 Å². The summed E-state index contributed by atoms with van der Waals surface area (Å²) in [6.45, 7) is 0.709. The fourth-order valence-corrected chi connectivity index (χ4v) is 2.26. The number of nitrogens with one attached hydrogen (secondary N) is 1. The van der Waals surface area contributed by atoms with Crippen LogP contribution in [0.15, 0.2) is 24.3 Å². The van der Waals surface area contributed by atoms with E-state index in [1.54, 1.807) is 29.2 Å². The molecule has 1 saturated heterocycles. The molecule has 0 aromatic heterocycles. The molecule has 0 atom stereocenters. The van der Waals surface area contributed by atoms with Crippen molar-refractivity contribution in [2.45, 2.75) is 12.8 Å². The maximum atomic E-state index is 11.5. The van der Waals surface area contributed by atoms with Gasteiger partial charge in [0.1, 0.15) is 0 Å². The van der Waals surface area contributed by atoms with E-state index in [1.807, 2.05) is 0 Å². The van der Waals surface area contributed by atoms with Crippen LogP contribution < -0.4 is 14.8 Å². The average Bonchev–Trinajstić information content (AvgIpc) is 2.63. The molecule has 92 valence electrons. The van der Waals surface area contributed by atoms with Gasteiger partial charge in [-0.05, 0) is 30.7 Å². The van der Waals surface area contributed by atoms with E-state index in [1.165, 1.54) is 0 Å². The highest BCUT2D eigenvalue weighted by Crippen LogP contribution is 2.23. The Morgan fingerprint density at radius 1 is 1.24 bits per heavy atom. The molecule has 0 spiro atoms. The van der Waals surface area contributed by atoms with Gasteiger partial charge in [0.05, 0.1) is 0 Å². The zero-order chi connectivity index (χ0) is 12.5. The highest BCUT2D eigenvalue weighted by molar-refractivity contribution is 7.90. The first-order valence-corrected chi connectivity index (χ1v) is 6.71. The fraction of sp³-hybridized carbons (Fsp3) is 0.300. The van der Waals surface area contributed by atoms with Gasteiger partial charge in [0.2, 0.25) is 5.91 Å². The summed E-state index contributed by atoms with van der Waals surface area (Å²) >= 11 is 0. The van der Waals surface area contributed by atoms with Crippen molar-refractivity contribution in [2.75, 3.05) is 16.2 Å². The van der Waals surface area contributed by atoms with Crippen molar-refractivity contribution in [1.29, 1.82) is 0 Å². The zero-order valence-electron chi connectivity index (χ0n) is 9.09. The molecule has 1 fully saturated rings. The van der Waals surface area contributed by atoms with E-state index < -0.39 is 10.2 Å². The number of nitrogens with zero attached hydrogens (tertiary/aromatic N) is 1. The molecule has 0 saturated carbocycles. The number of hydrogen-bond acceptors (Lipinski definition) is 3. The highest BCUT2D eigenvalue weighted by atomic mass is 32.2. The second kappa shape index (κ2) is 4.34. The van der Waals surface area contributed by atoms with Crippen molar-refractivity contribution in [1.82, 2.24) is 0 Å². The van der Waals surface area contributed by atoms with E-state index in [0.717, 1.165) is 12.1 Å². The van der Waals surface area contributed by atoms with E-state index in [4.69, 9.17) is 5.14 Å². The summed E-state index contributed by atoms with van der Waals surface area (Å²) in [6.07, 6.45) is 1.42. The standard InChI is InChI=1S/C10H13N3O3S/c11-17(15,16)12-8-3-5-9(6-4-8)13-7-1-2-10(13)14/h3-6,12H,1-2,7H2,(H2,11,15,16). The van der Waals surface area contributed by atoms with Gasteiger partial charge in [0.15, 0.2) is 0 Å². The van der Waals surface area contributed by atoms with Gasteiger partial charge in [-0.2, -0.15) is 8.42 Å². The Morgan fingerprint density at radius 2 is 1.88 bits per heavy atom. The van der Waals surface area contributed by atoms with Gasteiger partial charge in [-0.1, -0.05) is 0 Å². The molecule has 17 heavy (non-hydrogen) atoms. The molecule has 1 aromatic rings. The second-order valence-electron chi connectivity index (χ2n) is 3.84. The normalized spacial score (nSPS) is 16.3. The maximum absolute atomic E-state index is 11.5. The van der Waals surface area contributed by atoms with Crippen LogP contribution in [0, 0.1) is 0 Å². The summed E-state index contributed by atoms with van der Waals surface area (Å²) in [5.74, 6) is 0.0946. The quantitative estimate of drug-likeness (QED) is 0.820. The summed E-state index contributed by atoms with van der Waals surface area (Å²) in [4.78, 5) is 13.2. The molecule has 0 radical (unpaired) electrons. The highest BCUT2D eigenvalue weighted by Gasteiger charge is 2.21. The smallest absolute Gasteiger partial charge is 0.296 e. The molecule has 7 heteroatoms. The predicted octanol–water partition coefficient (Wildman–Crippen LogP) is 0.429. The molecule has 3 N–H and O–H groups in total. The molecular formula is C10H13N3O3S. The minimum absolute atomic E-state index is 0.0946. The van der Waals surface area contributed by atoms with E-state index in [-0.39, 0.29) is 5.91 Å². The van der Waals surface area contributed by atoms with E-state index in [0.29, 0.717) is 18.7 Å². The lowest BCUT2D eigenvalue weighted by atomic mass is 10.2. The SMILES string of the molecule is NS(=O)(=O)Nc1ccc(N2CCCC2=O)cc1. The van der Waals surface area contributed by atoms with Crippen LogP contribution in [0.3, 0.4) is 0 Å². The molecule has 1 aromatic carbocycles. The minimum Gasteiger partial charge on any atom is -0.312 e. The Bertz CT molecular complexity index is 524. The topological polar surface area (TPSA) is 92.5 Å². The van der Waals surface area contributed by atoms with Gasteiger partial charge < -0.3 is 4.90 Å². The molecule has 6 nitrogen and oxygen atoms in total. The zero-order valence-corrected chi connectivity index (χ0v) is 9.90. The third kappa shape index (κ3) is 2.95.